The van der Waals surface area contributed by atoms with E-state index < -0.39 is 43.1 Å². The van der Waals surface area contributed by atoms with E-state index in [1.165, 1.54) is 18.2 Å². The maximum absolute atomic E-state index is 13.8. The van der Waals surface area contributed by atoms with E-state index in [2.05, 4.69) is 14.7 Å². The number of nitrogens with zero attached hydrogens (tertiary/aromatic N) is 6. The Labute approximate surface area is 482 Å². The van der Waals surface area contributed by atoms with Crippen molar-refractivity contribution in [2.75, 3.05) is 34.5 Å². The standard InChI is InChI=1S/C71H54N6O6/c1-71(50-81-68(78)56(47-72)44-53-32-38-65(39-33-53)75(59-20-8-2-9-21-59)60-22-10-3-11-23-60,51-82-69(79)57(48-73)45-54-34-40-66(41-35-54)76(61-24-12-4-13-25-61)62-26-14-5-15-27-62)52-83-70(80)58(49-74)46-55-36-42-67(43-37-55)77(63-28-16-6-17-29-63)64-30-18-7-19-31-64/h2-46H,50-52H2,1H3/b56-44+,57-45+,58-46+. The van der Waals surface area contributed by atoms with E-state index in [1.807, 2.05) is 237 Å². The monoisotopic (exact) mass is 1090 g/mol. The minimum absolute atomic E-state index is 0.329. The molecule has 0 unspecified atom stereocenters. The number of nitriles is 3. The fourth-order valence-corrected chi connectivity index (χ4v) is 8.95. The molecule has 0 saturated carbocycles. The Morgan fingerprint density at radius 3 is 0.687 bits per heavy atom. The van der Waals surface area contributed by atoms with Gasteiger partial charge in [0.05, 0.1) is 5.41 Å². The second kappa shape index (κ2) is 27.4. The lowest BCUT2D eigenvalue weighted by Crippen LogP contribution is -2.37. The van der Waals surface area contributed by atoms with Crippen LogP contribution in [0.5, 0.6) is 0 Å². The second-order valence-electron chi connectivity index (χ2n) is 19.3. The third-order valence-electron chi connectivity index (χ3n) is 13.1. The molecule has 0 saturated heterocycles. The molecule has 83 heavy (non-hydrogen) atoms. The summed E-state index contributed by atoms with van der Waals surface area (Å²) in [5.74, 6) is -2.98. The molecule has 0 atom stereocenters. The predicted octanol–water partition coefficient (Wildman–Crippen LogP) is 15.9. The zero-order valence-electron chi connectivity index (χ0n) is 45.2. The van der Waals surface area contributed by atoms with E-state index >= 15 is 0 Å². The van der Waals surface area contributed by atoms with Crippen LogP contribution in [0.15, 0.2) is 272 Å². The summed E-state index contributed by atoms with van der Waals surface area (Å²) in [4.78, 5) is 47.5. The lowest BCUT2D eigenvalue weighted by molar-refractivity contribution is -0.155. The summed E-state index contributed by atoms with van der Waals surface area (Å²) < 4.78 is 17.2. The average molecular weight is 1090 g/mol. The molecule has 12 heteroatoms. The van der Waals surface area contributed by atoms with Crippen LogP contribution in [-0.2, 0) is 28.6 Å². The van der Waals surface area contributed by atoms with Crippen LogP contribution >= 0.6 is 0 Å². The Hall–Kier alpha value is -11.5. The number of carbonyl (C=O) groups is 3. The summed E-state index contributed by atoms with van der Waals surface area (Å²) >= 11 is 0. The number of anilines is 9. The largest absolute Gasteiger partial charge is 0.461 e. The number of ether oxygens (including phenoxy) is 3. The number of hydrogen-bond acceptors (Lipinski definition) is 12. The van der Waals surface area contributed by atoms with Gasteiger partial charge in [-0.3, -0.25) is 0 Å². The zero-order chi connectivity index (χ0) is 57.8. The minimum Gasteiger partial charge on any atom is -0.461 e. The van der Waals surface area contributed by atoms with Crippen molar-refractivity contribution in [3.8, 4) is 18.2 Å². The molecule has 9 rings (SSSR count). The highest BCUT2D eigenvalue weighted by Gasteiger charge is 2.33. The van der Waals surface area contributed by atoms with Crippen LogP contribution in [-0.4, -0.2) is 37.7 Å². The molecule has 12 nitrogen and oxygen atoms in total. The number of carbonyl (C=O) groups excluding carboxylic acids is 3. The highest BCUT2D eigenvalue weighted by Crippen LogP contribution is 2.37. The van der Waals surface area contributed by atoms with Gasteiger partial charge in [0, 0.05) is 51.2 Å². The fraction of sp³-hybridized carbons (Fsp3) is 0.0704. The molecular weight excluding hydrogens is 1030 g/mol. The third-order valence-corrected chi connectivity index (χ3v) is 13.1. The Morgan fingerprint density at radius 1 is 0.325 bits per heavy atom. The van der Waals surface area contributed by atoms with Crippen molar-refractivity contribution in [1.82, 2.24) is 0 Å². The molecule has 0 amide bonds. The molecule has 0 aliphatic heterocycles. The van der Waals surface area contributed by atoms with Crippen LogP contribution in [0.4, 0.5) is 51.2 Å². The molecule has 0 bridgehead atoms. The van der Waals surface area contributed by atoms with Crippen LogP contribution in [0.1, 0.15) is 23.6 Å². The Morgan fingerprint density at radius 2 is 0.506 bits per heavy atom. The van der Waals surface area contributed by atoms with E-state index in [9.17, 15) is 30.2 Å². The highest BCUT2D eigenvalue weighted by molar-refractivity contribution is 5.99. The summed E-state index contributed by atoms with van der Waals surface area (Å²) in [6.45, 7) is -0.0231. The maximum atomic E-state index is 13.8. The molecule has 0 radical (unpaired) electrons. The van der Waals surface area contributed by atoms with Gasteiger partial charge in [0.15, 0.2) is 0 Å². The predicted molar refractivity (Wildman–Crippen MR) is 325 cm³/mol. The molecule has 9 aromatic carbocycles. The van der Waals surface area contributed by atoms with Gasteiger partial charge in [-0.1, -0.05) is 146 Å². The summed E-state index contributed by atoms with van der Waals surface area (Å²) in [5.41, 5.74) is 7.28. The first-order valence-electron chi connectivity index (χ1n) is 26.5. The van der Waals surface area contributed by atoms with Gasteiger partial charge in [-0.2, -0.15) is 15.8 Å². The Kier molecular flexibility index (Phi) is 18.5. The van der Waals surface area contributed by atoms with E-state index in [1.54, 1.807) is 43.3 Å². The SMILES string of the molecule is CC(COC(=O)/C(C#N)=C/c1ccc(N(c2ccccc2)c2ccccc2)cc1)(COC(=O)/C(C#N)=C/c1ccc(N(c2ccccc2)c2ccccc2)cc1)COC(=O)/C(C#N)=C/c1ccc(N(c2ccccc2)c2ccccc2)cc1. The van der Waals surface area contributed by atoms with Gasteiger partial charge >= 0.3 is 17.9 Å². The lowest BCUT2D eigenvalue weighted by Gasteiger charge is -2.28. The fourth-order valence-electron chi connectivity index (χ4n) is 8.95. The van der Waals surface area contributed by atoms with Gasteiger partial charge < -0.3 is 28.9 Å². The van der Waals surface area contributed by atoms with Crippen LogP contribution < -0.4 is 14.7 Å². The smallest absolute Gasteiger partial charge is 0.348 e. The van der Waals surface area contributed by atoms with E-state index in [0.29, 0.717) is 16.7 Å². The summed E-state index contributed by atoms with van der Waals surface area (Å²) in [6, 6.07) is 86.8. The van der Waals surface area contributed by atoms with Gasteiger partial charge in [0.1, 0.15) is 54.7 Å². The minimum atomic E-state index is -1.47. The Balaban J connectivity index is 0.927. The van der Waals surface area contributed by atoms with Crippen molar-refractivity contribution >= 4 is 87.3 Å². The second-order valence-corrected chi connectivity index (χ2v) is 19.3. The van der Waals surface area contributed by atoms with E-state index in [0.717, 1.165) is 51.2 Å². The number of esters is 3. The lowest BCUT2D eigenvalue weighted by atomic mass is 9.94. The van der Waals surface area contributed by atoms with Crippen molar-refractivity contribution in [3.63, 3.8) is 0 Å². The molecule has 0 heterocycles. The molecule has 404 valence electrons. The first-order chi connectivity index (χ1) is 40.6. The van der Waals surface area contributed by atoms with Crippen molar-refractivity contribution in [2.45, 2.75) is 6.92 Å². The van der Waals surface area contributed by atoms with Gasteiger partial charge in [0.2, 0.25) is 0 Å². The van der Waals surface area contributed by atoms with Gasteiger partial charge in [0.25, 0.3) is 0 Å². The van der Waals surface area contributed by atoms with Crippen molar-refractivity contribution < 1.29 is 28.6 Å². The number of rotatable bonds is 21. The highest BCUT2D eigenvalue weighted by atomic mass is 16.6. The van der Waals surface area contributed by atoms with Crippen LogP contribution in [0.3, 0.4) is 0 Å². The van der Waals surface area contributed by atoms with Gasteiger partial charge in [-0.15, -0.1) is 0 Å². The van der Waals surface area contributed by atoms with Crippen LogP contribution in [0, 0.1) is 39.4 Å². The molecule has 0 aliphatic rings. The number of benzene rings is 9. The summed E-state index contributed by atoms with van der Waals surface area (Å²) in [7, 11) is 0. The topological polar surface area (TPSA) is 160 Å². The molecule has 0 N–H and O–H groups in total. The van der Waals surface area contributed by atoms with E-state index in [-0.39, 0.29) is 16.7 Å². The number of para-hydroxylation sites is 6. The first-order valence-corrected chi connectivity index (χ1v) is 26.5. The van der Waals surface area contributed by atoms with Crippen LogP contribution in [0.2, 0.25) is 0 Å². The average Bonchev–Trinajstić information content (AvgIpc) is 3.74. The Bertz CT molecular complexity index is 3350. The van der Waals surface area contributed by atoms with Gasteiger partial charge in [-0.25, -0.2) is 14.4 Å². The van der Waals surface area contributed by atoms with Crippen molar-refractivity contribution in [1.29, 1.82) is 15.8 Å². The maximum Gasteiger partial charge on any atom is 0.348 e. The normalized spacial score (nSPS) is 11.4. The molecule has 0 fully saturated rings. The molecule has 0 aliphatic carbocycles. The zero-order valence-corrected chi connectivity index (χ0v) is 45.2. The molecular formula is C71H54N6O6. The molecule has 0 spiro atoms. The van der Waals surface area contributed by atoms with Crippen molar-refractivity contribution in [3.05, 3.63) is 288 Å². The van der Waals surface area contributed by atoms with Crippen molar-refractivity contribution in [2.24, 2.45) is 5.41 Å². The quantitative estimate of drug-likeness (QED) is 0.0290. The molecule has 0 aromatic heterocycles. The van der Waals surface area contributed by atoms with Gasteiger partial charge in [-0.05, 0) is 151 Å². The summed E-state index contributed by atoms with van der Waals surface area (Å²) in [6.07, 6.45) is 4.19. The van der Waals surface area contributed by atoms with Crippen LogP contribution in [0.25, 0.3) is 18.2 Å². The number of hydrogen-bond donors (Lipinski definition) is 0. The first kappa shape index (κ1) is 56.2. The third kappa shape index (κ3) is 14.6. The molecule has 9 aromatic rings. The summed E-state index contributed by atoms with van der Waals surface area (Å²) in [5, 5.41) is 30.7. The van der Waals surface area contributed by atoms with E-state index in [4.69, 9.17) is 14.2 Å².